The van der Waals surface area contributed by atoms with Crippen molar-refractivity contribution in [3.8, 4) is 5.75 Å². The summed E-state index contributed by atoms with van der Waals surface area (Å²) in [5.41, 5.74) is 19.5. The van der Waals surface area contributed by atoms with Crippen LogP contribution in [0, 0.1) is 0 Å². The number of hydrogen-bond acceptors (Lipinski definition) is 7. The Morgan fingerprint density at radius 3 is 2.07 bits per heavy atom. The van der Waals surface area contributed by atoms with Crippen LogP contribution in [0.1, 0.15) is 15.9 Å². The lowest BCUT2D eigenvalue weighted by Crippen LogP contribution is -2.37. The Morgan fingerprint density at radius 2 is 1.55 bits per heavy atom. The number of rotatable bonds is 4. The molecule has 8 nitrogen and oxygen atoms in total. The molecule has 8 N–H and O–H groups in total. The quantitative estimate of drug-likeness (QED) is 0.487. The fourth-order valence-corrected chi connectivity index (χ4v) is 2.68. The van der Waals surface area contributed by atoms with Crippen LogP contribution in [0.15, 0.2) is 72.2 Å². The van der Waals surface area contributed by atoms with Gasteiger partial charge in [-0.25, -0.2) is 4.79 Å². The van der Waals surface area contributed by atoms with Crippen LogP contribution in [0.3, 0.4) is 0 Å². The van der Waals surface area contributed by atoms with Gasteiger partial charge in [0.25, 0.3) is 0 Å². The lowest BCUT2D eigenvalue weighted by atomic mass is 10.1. The number of morpholine rings is 1. The molecule has 0 unspecified atom stereocenters. The maximum Gasteiger partial charge on any atom is 0.335 e. The number of ether oxygens (including phenoxy) is 1. The number of carboxylic acid groups (broad SMARTS) is 1. The van der Waals surface area contributed by atoms with E-state index in [0.717, 1.165) is 0 Å². The average Bonchev–Trinajstić information content (AvgIpc) is 2.73. The molecule has 1 aliphatic rings. The second-order valence-electron chi connectivity index (χ2n) is 6.23. The van der Waals surface area contributed by atoms with Gasteiger partial charge in [0.15, 0.2) is 0 Å². The van der Waals surface area contributed by atoms with Crippen molar-refractivity contribution in [2.45, 2.75) is 0 Å². The standard InChI is InChI=1S/C14H20N4O2.C7H6O2/c15-11(10-3-1-2-4-13(10)19)9-12(14(16)17)18-5-7-20-8-6-18;8-7(9)6-4-2-1-3-5-6/h1-4,9,19H,5-8,15-17H2;1-5H,(H,8,9)/b11-9-;. The van der Waals surface area contributed by atoms with Crippen molar-refractivity contribution < 1.29 is 19.7 Å². The van der Waals surface area contributed by atoms with E-state index in [1.54, 1.807) is 60.7 Å². The minimum absolute atomic E-state index is 0.123. The maximum atomic E-state index is 10.2. The predicted octanol–water partition coefficient (Wildman–Crippen LogP) is 1.50. The summed E-state index contributed by atoms with van der Waals surface area (Å²) in [5.74, 6) is -0.556. The van der Waals surface area contributed by atoms with Crippen molar-refractivity contribution in [2.75, 3.05) is 26.3 Å². The van der Waals surface area contributed by atoms with Crippen molar-refractivity contribution in [2.24, 2.45) is 17.2 Å². The smallest absolute Gasteiger partial charge is 0.335 e. The van der Waals surface area contributed by atoms with Crippen LogP contribution in [0.25, 0.3) is 5.70 Å². The van der Waals surface area contributed by atoms with Gasteiger partial charge in [-0.1, -0.05) is 30.3 Å². The highest BCUT2D eigenvalue weighted by molar-refractivity contribution is 5.87. The first-order chi connectivity index (χ1) is 13.9. The molecule has 1 fully saturated rings. The van der Waals surface area contributed by atoms with E-state index in [1.165, 1.54) is 0 Å². The minimum Gasteiger partial charge on any atom is -0.507 e. The van der Waals surface area contributed by atoms with Crippen LogP contribution in [-0.4, -0.2) is 47.4 Å². The highest BCUT2D eigenvalue weighted by Gasteiger charge is 2.15. The number of carbonyl (C=O) groups is 1. The Hall–Kier alpha value is -3.65. The molecule has 0 spiro atoms. The molecule has 2 aromatic carbocycles. The third kappa shape index (κ3) is 6.47. The lowest BCUT2D eigenvalue weighted by Gasteiger charge is -2.30. The van der Waals surface area contributed by atoms with Gasteiger partial charge in [0.05, 0.1) is 24.5 Å². The number of phenolic OH excluding ortho intramolecular Hbond substituents is 1. The van der Waals surface area contributed by atoms with Crippen LogP contribution in [-0.2, 0) is 4.74 Å². The van der Waals surface area contributed by atoms with E-state index in [-0.39, 0.29) is 11.6 Å². The molecule has 0 aliphatic carbocycles. The molecule has 8 heteroatoms. The molecule has 154 valence electrons. The molecule has 0 atom stereocenters. The zero-order valence-corrected chi connectivity index (χ0v) is 16.0. The van der Waals surface area contributed by atoms with Crippen LogP contribution in [0.5, 0.6) is 5.75 Å². The summed E-state index contributed by atoms with van der Waals surface area (Å²) in [5, 5.41) is 18.2. The molecule has 1 heterocycles. The normalized spacial score (nSPS) is 13.8. The number of phenols is 1. The van der Waals surface area contributed by atoms with Crippen molar-refractivity contribution >= 4 is 11.7 Å². The Labute approximate surface area is 169 Å². The third-order valence-electron chi connectivity index (χ3n) is 4.18. The number of carboxylic acids is 1. The van der Waals surface area contributed by atoms with Gasteiger partial charge in [-0.05, 0) is 30.3 Å². The summed E-state index contributed by atoms with van der Waals surface area (Å²) in [6.07, 6.45) is 1.69. The van der Waals surface area contributed by atoms with Crippen molar-refractivity contribution in [1.82, 2.24) is 4.90 Å². The van der Waals surface area contributed by atoms with Gasteiger partial charge in [-0.3, -0.25) is 0 Å². The molecule has 1 aliphatic heterocycles. The molecule has 29 heavy (non-hydrogen) atoms. The van der Waals surface area contributed by atoms with E-state index >= 15 is 0 Å². The van der Waals surface area contributed by atoms with E-state index in [9.17, 15) is 9.90 Å². The van der Waals surface area contributed by atoms with Gasteiger partial charge in [-0.2, -0.15) is 0 Å². The molecule has 0 radical (unpaired) electrons. The number of hydrogen-bond donors (Lipinski definition) is 5. The van der Waals surface area contributed by atoms with Crippen molar-refractivity contribution in [1.29, 1.82) is 0 Å². The highest BCUT2D eigenvalue weighted by Crippen LogP contribution is 2.23. The fourth-order valence-electron chi connectivity index (χ4n) is 2.68. The molecule has 1 saturated heterocycles. The topological polar surface area (TPSA) is 148 Å². The number of aromatic carboxylic acids is 1. The molecule has 0 bridgehead atoms. The molecule has 0 amide bonds. The van der Waals surface area contributed by atoms with Crippen LogP contribution in [0.2, 0.25) is 0 Å². The molecule has 0 aromatic heterocycles. The van der Waals surface area contributed by atoms with Crippen molar-refractivity contribution in [3.05, 3.63) is 83.3 Å². The van der Waals surface area contributed by atoms with E-state index in [2.05, 4.69) is 0 Å². The minimum atomic E-state index is -0.879. The summed E-state index contributed by atoms with van der Waals surface area (Å²) >= 11 is 0. The second kappa shape index (κ2) is 10.6. The molecule has 3 rings (SSSR count). The predicted molar refractivity (Wildman–Crippen MR) is 111 cm³/mol. The number of aromatic hydroxyl groups is 1. The molecule has 0 saturated carbocycles. The van der Waals surface area contributed by atoms with Crippen LogP contribution in [0.4, 0.5) is 0 Å². The SMILES string of the molecule is NC(N)=C(/C=C(\N)c1ccccc1O)N1CCOCC1.O=C(O)c1ccccc1. The maximum absolute atomic E-state index is 10.2. The largest absolute Gasteiger partial charge is 0.507 e. The number of nitrogens with two attached hydrogens (primary N) is 3. The first kappa shape index (κ1) is 21.6. The Balaban J connectivity index is 0.000000278. The number of benzene rings is 2. The monoisotopic (exact) mass is 398 g/mol. The molecular weight excluding hydrogens is 372 g/mol. The van der Waals surface area contributed by atoms with Gasteiger partial charge in [0.1, 0.15) is 11.6 Å². The van der Waals surface area contributed by atoms with E-state index in [4.69, 9.17) is 27.0 Å². The van der Waals surface area contributed by atoms with E-state index in [0.29, 0.717) is 48.8 Å². The number of allylic oxidation sites excluding steroid dienone is 1. The Kier molecular flexibility index (Phi) is 7.93. The van der Waals surface area contributed by atoms with Crippen LogP contribution >= 0.6 is 0 Å². The highest BCUT2D eigenvalue weighted by atomic mass is 16.5. The average molecular weight is 398 g/mol. The second-order valence-corrected chi connectivity index (χ2v) is 6.23. The summed E-state index contributed by atoms with van der Waals surface area (Å²) in [4.78, 5) is 12.2. The Morgan fingerprint density at radius 1 is 0.966 bits per heavy atom. The molecule has 2 aromatic rings. The zero-order valence-electron chi connectivity index (χ0n) is 16.0. The van der Waals surface area contributed by atoms with Gasteiger partial charge < -0.3 is 37.1 Å². The fraction of sp³-hybridized carbons (Fsp3) is 0.190. The number of para-hydroxylation sites is 1. The van der Waals surface area contributed by atoms with E-state index in [1.807, 2.05) is 4.90 Å². The van der Waals surface area contributed by atoms with Gasteiger partial charge >= 0.3 is 5.97 Å². The summed E-state index contributed by atoms with van der Waals surface area (Å²) in [6.45, 7) is 2.66. The van der Waals surface area contributed by atoms with Gasteiger partial charge in [-0.15, -0.1) is 0 Å². The lowest BCUT2D eigenvalue weighted by molar-refractivity contribution is 0.0549. The van der Waals surface area contributed by atoms with Gasteiger partial charge in [0, 0.05) is 24.4 Å². The van der Waals surface area contributed by atoms with Crippen molar-refractivity contribution in [3.63, 3.8) is 0 Å². The first-order valence-corrected chi connectivity index (χ1v) is 9.02. The summed E-state index contributed by atoms with van der Waals surface area (Å²) < 4.78 is 5.30. The Bertz CT molecular complexity index is 871. The summed E-state index contributed by atoms with van der Waals surface area (Å²) in [7, 11) is 0. The third-order valence-corrected chi connectivity index (χ3v) is 4.18. The summed E-state index contributed by atoms with van der Waals surface area (Å²) in [6, 6.07) is 15.2. The van der Waals surface area contributed by atoms with Gasteiger partial charge in [0.2, 0.25) is 0 Å². The molecular formula is C21H26N4O4. The zero-order chi connectivity index (χ0) is 21.2. The van der Waals surface area contributed by atoms with E-state index < -0.39 is 5.97 Å². The first-order valence-electron chi connectivity index (χ1n) is 9.02. The number of nitrogens with zero attached hydrogens (tertiary/aromatic N) is 1. The van der Waals surface area contributed by atoms with Crippen LogP contribution < -0.4 is 17.2 Å².